The number of amides is 1. The van der Waals surface area contributed by atoms with Crippen LogP contribution in [0.4, 0.5) is 15.8 Å². The van der Waals surface area contributed by atoms with Gasteiger partial charge in [0.25, 0.3) is 11.6 Å². The fraction of sp³-hybridized carbons (Fsp3) is 0.278. The van der Waals surface area contributed by atoms with Gasteiger partial charge in [0.2, 0.25) is 0 Å². The molecule has 1 amide bonds. The molecule has 0 spiro atoms. The zero-order valence-corrected chi connectivity index (χ0v) is 15.0. The van der Waals surface area contributed by atoms with Crippen molar-refractivity contribution in [1.29, 1.82) is 0 Å². The maximum Gasteiger partial charge on any atom is 0.293 e. The van der Waals surface area contributed by atoms with Gasteiger partial charge in [-0.05, 0) is 29.8 Å². The van der Waals surface area contributed by atoms with Crippen LogP contribution in [-0.4, -0.2) is 44.0 Å². The van der Waals surface area contributed by atoms with Crippen LogP contribution in [0, 0.1) is 15.9 Å². The zero-order chi connectivity index (χ0) is 19.4. The number of nitro benzene ring substituents is 1. The molecular formula is C18H20FN3O4. The summed E-state index contributed by atoms with van der Waals surface area (Å²) in [4.78, 5) is 26.3. The second-order valence-electron chi connectivity index (χ2n) is 5.99. The van der Waals surface area contributed by atoms with Crippen LogP contribution in [0.5, 0.6) is 5.75 Å². The van der Waals surface area contributed by atoms with E-state index in [0.717, 1.165) is 0 Å². The Morgan fingerprint density at radius 3 is 2.42 bits per heavy atom. The fourth-order valence-corrected chi connectivity index (χ4v) is 2.56. The minimum Gasteiger partial charge on any atom is -0.494 e. The van der Waals surface area contributed by atoms with Crippen molar-refractivity contribution in [2.24, 2.45) is 0 Å². The highest BCUT2D eigenvalue weighted by atomic mass is 19.1. The summed E-state index contributed by atoms with van der Waals surface area (Å²) < 4.78 is 18.6. The molecule has 0 radical (unpaired) electrons. The molecular weight excluding hydrogens is 341 g/mol. The SMILES string of the molecule is COc1ccc(CN(C)C(=O)c2ccc(N(C)C)c([N+](=O)[O-])c2)cc1F. The molecule has 0 saturated heterocycles. The van der Waals surface area contributed by atoms with Gasteiger partial charge in [0, 0.05) is 39.3 Å². The van der Waals surface area contributed by atoms with Gasteiger partial charge in [0.15, 0.2) is 11.6 Å². The summed E-state index contributed by atoms with van der Waals surface area (Å²) in [5.74, 6) is -0.788. The first-order valence-electron chi connectivity index (χ1n) is 7.78. The molecule has 0 aliphatic carbocycles. The first-order valence-corrected chi connectivity index (χ1v) is 7.78. The van der Waals surface area contributed by atoms with Crippen LogP contribution in [0.3, 0.4) is 0 Å². The Labute approximate surface area is 150 Å². The van der Waals surface area contributed by atoms with E-state index in [1.807, 2.05) is 0 Å². The molecule has 0 saturated carbocycles. The zero-order valence-electron chi connectivity index (χ0n) is 15.0. The van der Waals surface area contributed by atoms with Crippen LogP contribution >= 0.6 is 0 Å². The number of carbonyl (C=O) groups excluding carboxylic acids is 1. The van der Waals surface area contributed by atoms with Crippen LogP contribution in [0.1, 0.15) is 15.9 Å². The number of halogens is 1. The third-order valence-electron chi connectivity index (χ3n) is 3.88. The molecule has 0 fully saturated rings. The molecule has 0 unspecified atom stereocenters. The largest absolute Gasteiger partial charge is 0.494 e. The minimum absolute atomic E-state index is 0.123. The van der Waals surface area contributed by atoms with Gasteiger partial charge in [0.05, 0.1) is 12.0 Å². The average molecular weight is 361 g/mol. The van der Waals surface area contributed by atoms with Crippen molar-refractivity contribution >= 4 is 17.3 Å². The maximum atomic E-state index is 13.8. The third-order valence-corrected chi connectivity index (χ3v) is 3.88. The van der Waals surface area contributed by atoms with Crippen LogP contribution in [0.15, 0.2) is 36.4 Å². The Kier molecular flexibility index (Phi) is 5.76. The minimum atomic E-state index is -0.523. The first-order chi connectivity index (χ1) is 12.2. The van der Waals surface area contributed by atoms with Gasteiger partial charge in [0.1, 0.15) is 5.69 Å². The predicted molar refractivity (Wildman–Crippen MR) is 96.2 cm³/mol. The molecule has 0 bridgehead atoms. The monoisotopic (exact) mass is 361 g/mol. The normalized spacial score (nSPS) is 10.3. The number of ether oxygens (including phenoxy) is 1. The maximum absolute atomic E-state index is 13.8. The lowest BCUT2D eigenvalue weighted by molar-refractivity contribution is -0.384. The molecule has 26 heavy (non-hydrogen) atoms. The van der Waals surface area contributed by atoms with E-state index in [0.29, 0.717) is 11.3 Å². The molecule has 2 rings (SSSR count). The molecule has 0 atom stereocenters. The lowest BCUT2D eigenvalue weighted by Gasteiger charge is -2.19. The van der Waals surface area contributed by atoms with E-state index < -0.39 is 16.6 Å². The Hall–Kier alpha value is -3.16. The van der Waals surface area contributed by atoms with Gasteiger partial charge in [-0.25, -0.2) is 4.39 Å². The summed E-state index contributed by atoms with van der Waals surface area (Å²) in [6.45, 7) is 0.156. The summed E-state index contributed by atoms with van der Waals surface area (Å²) in [5, 5.41) is 11.3. The van der Waals surface area contributed by atoms with Crippen LogP contribution in [0.25, 0.3) is 0 Å². The second-order valence-corrected chi connectivity index (χ2v) is 5.99. The standard InChI is InChI=1S/C18H20FN3O4/c1-20(2)15-7-6-13(10-16(15)22(24)25)18(23)21(3)11-12-5-8-17(26-4)14(19)9-12/h5-10H,11H2,1-4H3. The lowest BCUT2D eigenvalue weighted by atomic mass is 10.1. The van der Waals surface area contributed by atoms with Crippen LogP contribution < -0.4 is 9.64 Å². The van der Waals surface area contributed by atoms with Gasteiger partial charge in [-0.3, -0.25) is 14.9 Å². The molecule has 0 aliphatic rings. The third kappa shape index (κ3) is 4.08. The van der Waals surface area contributed by atoms with Crippen molar-refractivity contribution in [3.63, 3.8) is 0 Å². The number of carbonyl (C=O) groups is 1. The van der Waals surface area contributed by atoms with Crippen molar-refractivity contribution in [2.75, 3.05) is 33.2 Å². The van der Waals surface area contributed by atoms with Crippen LogP contribution in [0.2, 0.25) is 0 Å². The van der Waals surface area contributed by atoms with Gasteiger partial charge >= 0.3 is 0 Å². The number of nitro groups is 1. The number of methoxy groups -OCH3 is 1. The van der Waals surface area contributed by atoms with E-state index in [-0.39, 0.29) is 23.5 Å². The van der Waals surface area contributed by atoms with Crippen LogP contribution in [-0.2, 0) is 6.54 Å². The number of nitrogens with zero attached hydrogens (tertiary/aromatic N) is 3. The van der Waals surface area contributed by atoms with Gasteiger partial charge < -0.3 is 14.5 Å². The van der Waals surface area contributed by atoms with Gasteiger partial charge in [-0.2, -0.15) is 0 Å². The van der Waals surface area contributed by atoms with E-state index in [9.17, 15) is 19.3 Å². The predicted octanol–water partition coefficient (Wildman–Crippen LogP) is 3.08. The number of anilines is 1. The van der Waals surface area contributed by atoms with Crippen molar-refractivity contribution in [1.82, 2.24) is 4.90 Å². The van der Waals surface area contributed by atoms with E-state index in [1.54, 1.807) is 32.1 Å². The Bertz CT molecular complexity index is 839. The quantitative estimate of drug-likeness (QED) is 0.584. The molecule has 7 nitrogen and oxygen atoms in total. The number of hydrogen-bond donors (Lipinski definition) is 0. The summed E-state index contributed by atoms with van der Waals surface area (Å²) in [6.07, 6.45) is 0. The number of benzene rings is 2. The van der Waals surface area contributed by atoms with Crippen molar-refractivity contribution in [2.45, 2.75) is 6.54 Å². The topological polar surface area (TPSA) is 75.9 Å². The van der Waals surface area contributed by atoms with E-state index in [2.05, 4.69) is 0 Å². The molecule has 0 aromatic heterocycles. The fourth-order valence-electron chi connectivity index (χ4n) is 2.56. The summed E-state index contributed by atoms with van der Waals surface area (Å²) in [6, 6.07) is 8.76. The molecule has 0 N–H and O–H groups in total. The van der Waals surface area contributed by atoms with Crippen molar-refractivity contribution in [3.8, 4) is 5.75 Å². The Morgan fingerprint density at radius 2 is 1.88 bits per heavy atom. The van der Waals surface area contributed by atoms with Gasteiger partial charge in [-0.1, -0.05) is 6.07 Å². The highest BCUT2D eigenvalue weighted by Crippen LogP contribution is 2.28. The highest BCUT2D eigenvalue weighted by molar-refractivity contribution is 5.95. The summed E-state index contributed by atoms with van der Waals surface area (Å²) >= 11 is 0. The second kappa shape index (κ2) is 7.81. The molecule has 0 heterocycles. The van der Waals surface area contributed by atoms with Crippen molar-refractivity contribution < 1.29 is 18.8 Å². The van der Waals surface area contributed by atoms with Crippen molar-refractivity contribution in [3.05, 3.63) is 63.5 Å². The number of rotatable bonds is 6. The molecule has 8 heteroatoms. The molecule has 0 aliphatic heterocycles. The summed E-state index contributed by atoms with van der Waals surface area (Å²) in [7, 11) is 6.30. The van der Waals surface area contributed by atoms with Gasteiger partial charge in [-0.15, -0.1) is 0 Å². The first kappa shape index (κ1) is 19.2. The molecule has 138 valence electrons. The van der Waals surface area contributed by atoms with E-state index >= 15 is 0 Å². The Morgan fingerprint density at radius 1 is 1.19 bits per heavy atom. The Balaban J connectivity index is 2.24. The average Bonchev–Trinajstić information content (AvgIpc) is 2.60. The van der Waals surface area contributed by atoms with E-state index in [4.69, 9.17) is 4.74 Å². The molecule has 2 aromatic carbocycles. The summed E-state index contributed by atoms with van der Waals surface area (Å²) in [5.41, 5.74) is 1.04. The smallest absolute Gasteiger partial charge is 0.293 e. The number of hydrogen-bond acceptors (Lipinski definition) is 5. The molecule has 2 aromatic rings. The lowest BCUT2D eigenvalue weighted by Crippen LogP contribution is -2.26. The van der Waals surface area contributed by atoms with E-state index in [1.165, 1.54) is 42.3 Å². The highest BCUT2D eigenvalue weighted by Gasteiger charge is 2.21.